The number of nitrogens with zero attached hydrogens (tertiary/aromatic N) is 6. The van der Waals surface area contributed by atoms with Crippen molar-refractivity contribution in [2.45, 2.75) is 18.3 Å². The monoisotopic (exact) mass is 482 g/mol. The van der Waals surface area contributed by atoms with Crippen LogP contribution in [0.15, 0.2) is 73.1 Å². The van der Waals surface area contributed by atoms with Crippen LogP contribution in [-0.2, 0) is 5.41 Å². The van der Waals surface area contributed by atoms with E-state index >= 15 is 0 Å². The first-order valence-corrected chi connectivity index (χ1v) is 12.2. The lowest BCUT2D eigenvalue weighted by Gasteiger charge is -2.22. The Morgan fingerprint density at radius 2 is 1.74 bits per heavy atom. The molecular formula is C28H27ClN6. The minimum Gasteiger partial charge on any atom is -0.329 e. The smallest absolute Gasteiger partial charge is 0.257 e. The molecule has 2 aromatic heterocycles. The molecule has 5 aromatic rings. The molecule has 0 bridgehead atoms. The van der Waals surface area contributed by atoms with Crippen LogP contribution in [0.25, 0.3) is 27.8 Å². The van der Waals surface area contributed by atoms with Gasteiger partial charge in [0.05, 0.1) is 5.52 Å². The second-order valence-corrected chi connectivity index (χ2v) is 10.2. The fraction of sp³-hybridized carbons (Fsp3) is 0.250. The van der Waals surface area contributed by atoms with Crippen molar-refractivity contribution in [1.82, 2.24) is 24.5 Å². The number of fused-ring (bicyclic) bond motifs is 3. The molecule has 0 unspecified atom stereocenters. The van der Waals surface area contributed by atoms with Crippen LogP contribution in [0.5, 0.6) is 0 Å². The van der Waals surface area contributed by atoms with Crippen molar-refractivity contribution in [2.24, 2.45) is 0 Å². The van der Waals surface area contributed by atoms with Gasteiger partial charge < -0.3 is 9.80 Å². The van der Waals surface area contributed by atoms with Gasteiger partial charge in [-0.3, -0.25) is 4.40 Å². The topological polar surface area (TPSA) is 49.6 Å². The van der Waals surface area contributed by atoms with Crippen molar-refractivity contribution in [1.29, 1.82) is 0 Å². The third kappa shape index (κ3) is 3.93. The van der Waals surface area contributed by atoms with E-state index in [4.69, 9.17) is 16.6 Å². The van der Waals surface area contributed by atoms with Crippen LogP contribution in [-0.4, -0.2) is 52.2 Å². The quantitative estimate of drug-likeness (QED) is 0.299. The minimum absolute atomic E-state index is 0.333. The molecule has 1 fully saturated rings. The molecule has 6 rings (SSSR count). The zero-order chi connectivity index (χ0) is 24.2. The SMILES string of the molecule is CN(C)CC1(c2ccc(-c3cccc(N(C)c4nc5nncn5c5cc(Cl)ccc45)c3)cc2)CC1. The maximum atomic E-state index is 6.30. The summed E-state index contributed by atoms with van der Waals surface area (Å²) < 4.78 is 1.86. The van der Waals surface area contributed by atoms with Gasteiger partial charge in [-0.1, -0.05) is 48.0 Å². The highest BCUT2D eigenvalue weighted by atomic mass is 35.5. The molecule has 35 heavy (non-hydrogen) atoms. The first-order valence-electron chi connectivity index (χ1n) is 11.8. The van der Waals surface area contributed by atoms with Gasteiger partial charge in [-0.05, 0) is 74.0 Å². The third-order valence-electron chi connectivity index (χ3n) is 7.05. The van der Waals surface area contributed by atoms with Crippen molar-refractivity contribution < 1.29 is 0 Å². The van der Waals surface area contributed by atoms with Crippen LogP contribution < -0.4 is 4.90 Å². The largest absolute Gasteiger partial charge is 0.329 e. The highest BCUT2D eigenvalue weighted by Gasteiger charge is 2.44. The van der Waals surface area contributed by atoms with Crippen molar-refractivity contribution >= 4 is 39.8 Å². The summed E-state index contributed by atoms with van der Waals surface area (Å²) in [7, 11) is 6.34. The standard InChI is InChI=1S/C28H27ClN6/c1-33(2)17-28(13-14-28)21-9-7-19(8-10-21)20-5-4-6-23(15-20)34(3)26-24-12-11-22(29)16-25(24)35-18-30-32-27(35)31-26/h4-12,15-16,18H,13-14,17H2,1-3H3. The molecule has 7 heteroatoms. The van der Waals surface area contributed by atoms with Gasteiger partial charge in [0.2, 0.25) is 0 Å². The number of aromatic nitrogens is 4. The molecule has 3 aromatic carbocycles. The van der Waals surface area contributed by atoms with Gasteiger partial charge in [-0.25, -0.2) is 0 Å². The summed E-state index contributed by atoms with van der Waals surface area (Å²) in [4.78, 5) is 9.20. The van der Waals surface area contributed by atoms with E-state index in [0.29, 0.717) is 16.2 Å². The van der Waals surface area contributed by atoms with E-state index in [1.54, 1.807) is 6.33 Å². The zero-order valence-electron chi connectivity index (χ0n) is 20.1. The van der Waals surface area contributed by atoms with Crippen LogP contribution in [0.2, 0.25) is 5.02 Å². The number of halogens is 1. The molecule has 0 saturated heterocycles. The summed E-state index contributed by atoms with van der Waals surface area (Å²) in [6, 6.07) is 23.5. The molecular weight excluding hydrogens is 456 g/mol. The minimum atomic E-state index is 0.333. The molecule has 0 amide bonds. The molecule has 176 valence electrons. The van der Waals surface area contributed by atoms with Gasteiger partial charge in [0, 0.05) is 35.1 Å². The van der Waals surface area contributed by atoms with E-state index in [1.807, 2.05) is 29.6 Å². The first kappa shape index (κ1) is 22.0. The molecule has 0 spiro atoms. The Morgan fingerprint density at radius 1 is 0.943 bits per heavy atom. The van der Waals surface area contributed by atoms with Crippen LogP contribution >= 0.6 is 11.6 Å². The van der Waals surface area contributed by atoms with Gasteiger partial charge >= 0.3 is 0 Å². The van der Waals surface area contributed by atoms with E-state index in [0.717, 1.165) is 29.0 Å². The molecule has 0 radical (unpaired) electrons. The summed E-state index contributed by atoms with van der Waals surface area (Å²) in [5.41, 5.74) is 6.13. The molecule has 0 aliphatic heterocycles. The molecule has 1 aliphatic carbocycles. The van der Waals surface area contributed by atoms with Gasteiger partial charge in [0.15, 0.2) is 0 Å². The average molecular weight is 483 g/mol. The summed E-state index contributed by atoms with van der Waals surface area (Å²) in [6.45, 7) is 1.11. The van der Waals surface area contributed by atoms with Gasteiger partial charge in [0.25, 0.3) is 5.78 Å². The molecule has 2 heterocycles. The van der Waals surface area contributed by atoms with Crippen molar-refractivity contribution in [2.75, 3.05) is 32.6 Å². The predicted octanol–water partition coefficient (Wildman–Crippen LogP) is 5.96. The summed E-state index contributed by atoms with van der Waals surface area (Å²) >= 11 is 6.30. The maximum Gasteiger partial charge on any atom is 0.257 e. The third-order valence-corrected chi connectivity index (χ3v) is 7.29. The second-order valence-electron chi connectivity index (χ2n) is 9.80. The highest BCUT2D eigenvalue weighted by molar-refractivity contribution is 6.31. The number of likely N-dealkylation sites (N-methyl/N-ethyl adjacent to an activating group) is 1. The Morgan fingerprint density at radius 3 is 2.49 bits per heavy atom. The molecule has 6 nitrogen and oxygen atoms in total. The summed E-state index contributed by atoms with van der Waals surface area (Å²) in [5, 5.41) is 9.86. The van der Waals surface area contributed by atoms with Crippen LogP contribution in [0.1, 0.15) is 18.4 Å². The normalized spacial score (nSPS) is 14.7. The lowest BCUT2D eigenvalue weighted by atomic mass is 9.93. The molecule has 1 saturated carbocycles. The summed E-state index contributed by atoms with van der Waals surface area (Å²) in [6.07, 6.45) is 4.21. The molecule has 1 aliphatic rings. The maximum absolute atomic E-state index is 6.30. The van der Waals surface area contributed by atoms with E-state index in [-0.39, 0.29) is 0 Å². The number of anilines is 2. The van der Waals surface area contributed by atoms with Crippen molar-refractivity contribution in [3.8, 4) is 11.1 Å². The van der Waals surface area contributed by atoms with E-state index in [1.165, 1.54) is 29.5 Å². The fourth-order valence-electron chi connectivity index (χ4n) is 5.11. The van der Waals surface area contributed by atoms with Crippen molar-refractivity contribution in [3.05, 3.63) is 83.6 Å². The van der Waals surface area contributed by atoms with Crippen molar-refractivity contribution in [3.63, 3.8) is 0 Å². The van der Waals surface area contributed by atoms with Gasteiger partial charge in [-0.15, -0.1) is 10.2 Å². The fourth-order valence-corrected chi connectivity index (χ4v) is 5.27. The number of benzene rings is 3. The van der Waals surface area contributed by atoms with Crippen LogP contribution in [0.3, 0.4) is 0 Å². The van der Waals surface area contributed by atoms with E-state index < -0.39 is 0 Å². The predicted molar refractivity (Wildman–Crippen MR) is 143 cm³/mol. The Balaban J connectivity index is 1.36. The Bertz CT molecular complexity index is 1530. The second kappa shape index (κ2) is 8.33. The van der Waals surface area contributed by atoms with Crippen LogP contribution in [0.4, 0.5) is 11.5 Å². The lowest BCUT2D eigenvalue weighted by Crippen LogP contribution is -2.25. The summed E-state index contributed by atoms with van der Waals surface area (Å²) in [5.74, 6) is 1.35. The molecule has 0 N–H and O–H groups in total. The Kier molecular flexibility index (Phi) is 5.24. The molecule has 0 atom stereocenters. The highest BCUT2D eigenvalue weighted by Crippen LogP contribution is 2.48. The van der Waals surface area contributed by atoms with Gasteiger partial charge in [0.1, 0.15) is 12.1 Å². The van der Waals surface area contributed by atoms with E-state index in [2.05, 4.69) is 82.6 Å². The lowest BCUT2D eigenvalue weighted by molar-refractivity contribution is 0.362. The van der Waals surface area contributed by atoms with E-state index in [9.17, 15) is 0 Å². The van der Waals surface area contributed by atoms with Gasteiger partial charge in [-0.2, -0.15) is 4.98 Å². The Labute approximate surface area is 209 Å². The number of hydrogen-bond donors (Lipinski definition) is 0. The Hall–Kier alpha value is -3.48. The average Bonchev–Trinajstić information content (AvgIpc) is 3.47. The number of hydrogen-bond acceptors (Lipinski definition) is 5. The zero-order valence-corrected chi connectivity index (χ0v) is 20.9. The van der Waals surface area contributed by atoms with Crippen LogP contribution in [0, 0.1) is 0 Å². The first-order chi connectivity index (χ1) is 16.9. The number of rotatable bonds is 6.